The summed E-state index contributed by atoms with van der Waals surface area (Å²) < 4.78 is 29.2. The van der Waals surface area contributed by atoms with Crippen molar-refractivity contribution in [1.29, 1.82) is 0 Å². The Morgan fingerprint density at radius 3 is 1.50 bits per heavy atom. The largest absolute Gasteiger partial charge is 0.412 e. The first-order chi connectivity index (χ1) is 4.61. The third-order valence-electron chi connectivity index (χ3n) is 1.04. The van der Waals surface area contributed by atoms with E-state index >= 15 is 0 Å². The molecule has 0 atom stereocenters. The minimum Gasteiger partial charge on any atom is -0.412 e. The van der Waals surface area contributed by atoms with Gasteiger partial charge in [0.25, 0.3) is 10.1 Å². The van der Waals surface area contributed by atoms with Gasteiger partial charge in [0.15, 0.2) is 0 Å². The van der Waals surface area contributed by atoms with E-state index in [1.807, 2.05) is 0 Å². The summed E-state index contributed by atoms with van der Waals surface area (Å²) in [5.74, 6) is 0. The van der Waals surface area contributed by atoms with Gasteiger partial charge in [0.05, 0.1) is 4.90 Å². The summed E-state index contributed by atoms with van der Waals surface area (Å²) in [6.45, 7) is 0. The van der Waals surface area contributed by atoms with Gasteiger partial charge in [0, 0.05) is 17.1 Å². The SMILES string of the molecule is O.O.O.O=S(=O)(O)c1ccccc1.[Fe]. The molecule has 0 saturated heterocycles. The standard InChI is InChI=1S/C6H6O3S.Fe.3H2O/c7-10(8,9)6-4-2-1-3-5-6;;;;/h1-5H,(H,7,8,9);;3*1H2. The maximum absolute atomic E-state index is 10.4. The Morgan fingerprint density at radius 1 is 0.929 bits per heavy atom. The van der Waals surface area contributed by atoms with Crippen LogP contribution in [-0.2, 0) is 27.2 Å². The fourth-order valence-electron chi connectivity index (χ4n) is 0.592. The molecule has 1 rings (SSSR count). The Balaban J connectivity index is -0.000000125. The number of rotatable bonds is 1. The van der Waals surface area contributed by atoms with Gasteiger partial charge in [-0.15, -0.1) is 0 Å². The Labute approximate surface area is 92.1 Å². The average Bonchev–Trinajstić information content (AvgIpc) is 1.88. The molecule has 0 spiro atoms. The topological polar surface area (TPSA) is 149 Å². The smallest absolute Gasteiger partial charge is 0.294 e. The summed E-state index contributed by atoms with van der Waals surface area (Å²) in [4.78, 5) is -0.0741. The number of benzene rings is 1. The number of hydrogen-bond donors (Lipinski definition) is 1. The Morgan fingerprint density at radius 2 is 1.29 bits per heavy atom. The molecule has 86 valence electrons. The van der Waals surface area contributed by atoms with Crippen molar-refractivity contribution < 1.29 is 46.5 Å². The summed E-state index contributed by atoms with van der Waals surface area (Å²) in [5.41, 5.74) is 0. The fraction of sp³-hybridized carbons (Fsp3) is 0. The monoisotopic (exact) mass is 268 g/mol. The molecule has 0 aliphatic carbocycles. The van der Waals surface area contributed by atoms with E-state index in [1.165, 1.54) is 12.1 Å². The summed E-state index contributed by atoms with van der Waals surface area (Å²) in [6, 6.07) is 7.42. The van der Waals surface area contributed by atoms with Crippen LogP contribution in [0.4, 0.5) is 0 Å². The quantitative estimate of drug-likeness (QED) is 0.485. The van der Waals surface area contributed by atoms with Crippen molar-refractivity contribution in [2.45, 2.75) is 4.90 Å². The minimum atomic E-state index is -4.00. The molecule has 0 heterocycles. The Bertz CT molecular complexity index is 310. The van der Waals surface area contributed by atoms with Gasteiger partial charge in [-0.2, -0.15) is 8.42 Å². The van der Waals surface area contributed by atoms with E-state index in [1.54, 1.807) is 18.2 Å². The summed E-state index contributed by atoms with van der Waals surface area (Å²) in [6.07, 6.45) is 0. The van der Waals surface area contributed by atoms with Crippen molar-refractivity contribution in [2.24, 2.45) is 0 Å². The van der Waals surface area contributed by atoms with Crippen LogP contribution >= 0.6 is 0 Å². The van der Waals surface area contributed by atoms with Crippen molar-refractivity contribution in [3.63, 3.8) is 0 Å². The van der Waals surface area contributed by atoms with Crippen LogP contribution in [0.2, 0.25) is 0 Å². The van der Waals surface area contributed by atoms with Crippen molar-refractivity contribution >= 4 is 10.1 Å². The van der Waals surface area contributed by atoms with E-state index in [-0.39, 0.29) is 38.4 Å². The number of hydrogen-bond acceptors (Lipinski definition) is 2. The molecule has 0 unspecified atom stereocenters. The van der Waals surface area contributed by atoms with Crippen molar-refractivity contribution in [3.05, 3.63) is 30.3 Å². The van der Waals surface area contributed by atoms with Gasteiger partial charge >= 0.3 is 0 Å². The second-order valence-corrected chi connectivity index (χ2v) is 3.21. The minimum absolute atomic E-state index is 0. The molecular weight excluding hydrogens is 256 g/mol. The molecule has 6 nitrogen and oxygen atoms in total. The molecule has 14 heavy (non-hydrogen) atoms. The van der Waals surface area contributed by atoms with Crippen LogP contribution in [0.15, 0.2) is 35.2 Å². The predicted octanol–water partition coefficient (Wildman–Crippen LogP) is -1.54. The van der Waals surface area contributed by atoms with Crippen LogP contribution < -0.4 is 0 Å². The molecule has 0 aliphatic heterocycles. The van der Waals surface area contributed by atoms with E-state index < -0.39 is 10.1 Å². The maximum atomic E-state index is 10.4. The molecule has 7 N–H and O–H groups in total. The molecule has 1 aromatic carbocycles. The van der Waals surface area contributed by atoms with Crippen LogP contribution in [0.1, 0.15) is 0 Å². The van der Waals surface area contributed by atoms with Gasteiger partial charge in [0.1, 0.15) is 0 Å². The molecule has 0 bridgehead atoms. The third-order valence-corrected chi connectivity index (χ3v) is 1.91. The molecule has 0 aromatic heterocycles. The van der Waals surface area contributed by atoms with Crippen molar-refractivity contribution in [1.82, 2.24) is 0 Å². The molecule has 0 aliphatic rings. The van der Waals surface area contributed by atoms with Crippen LogP contribution in [-0.4, -0.2) is 29.4 Å². The van der Waals surface area contributed by atoms with Crippen LogP contribution in [0.5, 0.6) is 0 Å². The van der Waals surface area contributed by atoms with Gasteiger partial charge in [-0.3, -0.25) is 4.55 Å². The molecule has 0 radical (unpaired) electrons. The van der Waals surface area contributed by atoms with Crippen LogP contribution in [0.25, 0.3) is 0 Å². The van der Waals surface area contributed by atoms with E-state index in [0.717, 1.165) is 0 Å². The first-order valence-electron chi connectivity index (χ1n) is 2.63. The molecule has 0 saturated carbocycles. The molecule has 0 amide bonds. The summed E-state index contributed by atoms with van der Waals surface area (Å²) in [7, 11) is -4.00. The maximum Gasteiger partial charge on any atom is 0.294 e. The fourth-order valence-corrected chi connectivity index (χ4v) is 1.09. The van der Waals surface area contributed by atoms with E-state index in [4.69, 9.17) is 4.55 Å². The predicted molar refractivity (Wildman–Crippen MR) is 47.1 cm³/mol. The van der Waals surface area contributed by atoms with Crippen molar-refractivity contribution in [2.75, 3.05) is 0 Å². The Hall–Kier alpha value is -0.471. The first kappa shape index (κ1) is 23.4. The normalized spacial score (nSPS) is 8.07. The summed E-state index contributed by atoms with van der Waals surface area (Å²) >= 11 is 0. The van der Waals surface area contributed by atoms with Crippen molar-refractivity contribution in [3.8, 4) is 0 Å². The second kappa shape index (κ2) is 9.10. The average molecular weight is 268 g/mol. The molecule has 1 aromatic rings. The molecule has 8 heteroatoms. The van der Waals surface area contributed by atoms with Gasteiger partial charge in [-0.25, -0.2) is 0 Å². The molecule has 0 fully saturated rings. The van der Waals surface area contributed by atoms with E-state index in [2.05, 4.69) is 0 Å². The second-order valence-electron chi connectivity index (χ2n) is 1.79. The van der Waals surface area contributed by atoms with Gasteiger partial charge in [-0.05, 0) is 12.1 Å². The van der Waals surface area contributed by atoms with E-state index in [9.17, 15) is 8.42 Å². The van der Waals surface area contributed by atoms with Crippen LogP contribution in [0, 0.1) is 0 Å². The zero-order valence-electron chi connectivity index (χ0n) is 6.91. The van der Waals surface area contributed by atoms with Crippen LogP contribution in [0.3, 0.4) is 0 Å². The van der Waals surface area contributed by atoms with E-state index in [0.29, 0.717) is 0 Å². The third kappa shape index (κ3) is 6.98. The zero-order valence-corrected chi connectivity index (χ0v) is 8.83. The zero-order chi connectivity index (χ0) is 7.61. The van der Waals surface area contributed by atoms with Gasteiger partial charge in [0.2, 0.25) is 0 Å². The van der Waals surface area contributed by atoms with Gasteiger partial charge < -0.3 is 16.4 Å². The van der Waals surface area contributed by atoms with Gasteiger partial charge in [-0.1, -0.05) is 18.2 Å². The Kier molecular flexibility index (Phi) is 15.2. The summed E-state index contributed by atoms with van der Waals surface area (Å²) in [5, 5.41) is 0. The first-order valence-corrected chi connectivity index (χ1v) is 4.07. The molecular formula is C6H12FeO6S.